The zero-order valence-corrected chi connectivity index (χ0v) is 15.1. The normalized spacial score (nSPS) is 30.6. The number of hydrogen-bond donors (Lipinski definition) is 0. The van der Waals surface area contributed by atoms with Crippen LogP contribution in [0.15, 0.2) is 0 Å². The van der Waals surface area contributed by atoms with Crippen molar-refractivity contribution in [3.63, 3.8) is 0 Å². The molecule has 9 heteroatoms. The van der Waals surface area contributed by atoms with Gasteiger partial charge >= 0.3 is 0 Å². The second-order valence-corrected chi connectivity index (χ2v) is 8.96. The van der Waals surface area contributed by atoms with Crippen molar-refractivity contribution in [1.82, 2.24) is 14.1 Å². The van der Waals surface area contributed by atoms with Gasteiger partial charge in [0.2, 0.25) is 15.9 Å². The van der Waals surface area contributed by atoms with Crippen LogP contribution < -0.4 is 0 Å². The monoisotopic (exact) mass is 361 g/mol. The Balaban J connectivity index is 1.65. The van der Waals surface area contributed by atoms with Crippen LogP contribution in [0, 0.1) is 0 Å². The lowest BCUT2D eigenvalue weighted by Crippen LogP contribution is -2.60. The van der Waals surface area contributed by atoms with Crippen LogP contribution in [0.25, 0.3) is 0 Å². The highest BCUT2D eigenvalue weighted by molar-refractivity contribution is 7.88. The van der Waals surface area contributed by atoms with Gasteiger partial charge in [0.25, 0.3) is 0 Å². The van der Waals surface area contributed by atoms with E-state index in [1.165, 1.54) is 10.6 Å². The van der Waals surface area contributed by atoms with Crippen molar-refractivity contribution in [2.45, 2.75) is 18.4 Å². The molecule has 0 bridgehead atoms. The number of nitrogens with zero attached hydrogens (tertiary/aromatic N) is 3. The Morgan fingerprint density at radius 3 is 2.54 bits per heavy atom. The standard InChI is InChI=1S/C15H27N3O5S/c1-24(20,21)18-7-8-22-13-15(12-18)11-16(6-9-23-15)10-14(19)17-4-2-3-5-17/h2-13H2,1H3. The average molecular weight is 361 g/mol. The van der Waals surface area contributed by atoms with E-state index in [1.54, 1.807) is 0 Å². The molecule has 138 valence electrons. The van der Waals surface area contributed by atoms with E-state index in [1.807, 2.05) is 4.90 Å². The van der Waals surface area contributed by atoms with Crippen molar-refractivity contribution in [2.24, 2.45) is 0 Å². The van der Waals surface area contributed by atoms with E-state index in [2.05, 4.69) is 4.90 Å². The highest BCUT2D eigenvalue weighted by Crippen LogP contribution is 2.24. The first-order valence-corrected chi connectivity index (χ1v) is 10.4. The highest BCUT2D eigenvalue weighted by Gasteiger charge is 2.42. The van der Waals surface area contributed by atoms with Crippen molar-refractivity contribution < 1.29 is 22.7 Å². The van der Waals surface area contributed by atoms with Crippen LogP contribution in [0.1, 0.15) is 12.8 Å². The number of sulfonamides is 1. The summed E-state index contributed by atoms with van der Waals surface area (Å²) in [5.74, 6) is 0.152. The van der Waals surface area contributed by atoms with Gasteiger partial charge in [-0.3, -0.25) is 9.69 Å². The molecule has 1 atom stereocenters. The van der Waals surface area contributed by atoms with E-state index in [-0.39, 0.29) is 12.5 Å². The Labute approximate surface area is 143 Å². The summed E-state index contributed by atoms with van der Waals surface area (Å²) in [5, 5.41) is 0. The van der Waals surface area contributed by atoms with Gasteiger partial charge in [0.05, 0.1) is 32.6 Å². The zero-order valence-electron chi connectivity index (χ0n) is 14.3. The fraction of sp³-hybridized carbons (Fsp3) is 0.933. The van der Waals surface area contributed by atoms with E-state index >= 15 is 0 Å². The molecule has 3 aliphatic heterocycles. The lowest BCUT2D eigenvalue weighted by atomic mass is 10.0. The molecule has 24 heavy (non-hydrogen) atoms. The fourth-order valence-corrected chi connectivity index (χ4v) is 4.53. The molecule has 0 radical (unpaired) electrons. The molecular formula is C15H27N3O5S. The minimum Gasteiger partial charge on any atom is -0.377 e. The van der Waals surface area contributed by atoms with Crippen molar-refractivity contribution in [1.29, 1.82) is 0 Å². The molecule has 1 spiro atoms. The molecule has 0 aromatic carbocycles. The molecule has 3 aliphatic rings. The molecule has 0 aliphatic carbocycles. The SMILES string of the molecule is CS(=O)(=O)N1CCOCC2(CN(CC(=O)N3CCCC3)CCO2)C1. The molecule has 0 aromatic heterocycles. The summed E-state index contributed by atoms with van der Waals surface area (Å²) in [6, 6.07) is 0. The van der Waals surface area contributed by atoms with Gasteiger partial charge in [-0.25, -0.2) is 8.42 Å². The maximum atomic E-state index is 12.4. The molecule has 3 fully saturated rings. The third kappa shape index (κ3) is 4.26. The van der Waals surface area contributed by atoms with Gasteiger partial charge in [0, 0.05) is 39.3 Å². The smallest absolute Gasteiger partial charge is 0.236 e. The number of carbonyl (C=O) groups is 1. The van der Waals surface area contributed by atoms with Crippen molar-refractivity contribution >= 4 is 15.9 Å². The van der Waals surface area contributed by atoms with Crippen LogP contribution in [0.3, 0.4) is 0 Å². The lowest BCUT2D eigenvalue weighted by molar-refractivity contribution is -0.148. The van der Waals surface area contributed by atoms with Crippen LogP contribution in [-0.4, -0.2) is 106 Å². The zero-order chi connectivity index (χ0) is 17.2. The highest BCUT2D eigenvalue weighted by atomic mass is 32.2. The minimum absolute atomic E-state index is 0.152. The first-order chi connectivity index (χ1) is 11.4. The predicted octanol–water partition coefficient (Wildman–Crippen LogP) is -1.03. The summed E-state index contributed by atoms with van der Waals surface area (Å²) in [5.41, 5.74) is -0.691. The number of hydrogen-bond acceptors (Lipinski definition) is 6. The number of morpholine rings is 1. The molecule has 8 nitrogen and oxygen atoms in total. The third-order valence-corrected chi connectivity index (χ3v) is 6.18. The summed E-state index contributed by atoms with van der Waals surface area (Å²) in [6.45, 7) is 5.07. The number of ether oxygens (including phenoxy) is 2. The Morgan fingerprint density at radius 2 is 1.83 bits per heavy atom. The molecule has 0 aromatic rings. The van der Waals surface area contributed by atoms with Crippen LogP contribution in [0.4, 0.5) is 0 Å². The van der Waals surface area contributed by atoms with Gasteiger partial charge in [0.15, 0.2) is 0 Å². The Morgan fingerprint density at radius 1 is 1.08 bits per heavy atom. The van der Waals surface area contributed by atoms with Crippen molar-refractivity contribution in [3.05, 3.63) is 0 Å². The van der Waals surface area contributed by atoms with E-state index in [0.29, 0.717) is 46.0 Å². The number of carbonyl (C=O) groups excluding carboxylic acids is 1. The fourth-order valence-electron chi connectivity index (χ4n) is 3.65. The quantitative estimate of drug-likeness (QED) is 0.640. The summed E-state index contributed by atoms with van der Waals surface area (Å²) >= 11 is 0. The first kappa shape index (κ1) is 18.1. The third-order valence-electron chi connectivity index (χ3n) is 4.93. The van der Waals surface area contributed by atoms with Gasteiger partial charge < -0.3 is 14.4 Å². The van der Waals surface area contributed by atoms with Crippen LogP contribution >= 0.6 is 0 Å². The van der Waals surface area contributed by atoms with Gasteiger partial charge in [-0.05, 0) is 12.8 Å². The number of likely N-dealkylation sites (tertiary alicyclic amines) is 1. The van der Waals surface area contributed by atoms with Crippen molar-refractivity contribution in [2.75, 3.05) is 71.9 Å². The number of rotatable bonds is 3. The summed E-state index contributed by atoms with van der Waals surface area (Å²) in [6.07, 6.45) is 3.37. The second-order valence-electron chi connectivity index (χ2n) is 6.98. The molecular weight excluding hydrogens is 334 g/mol. The summed E-state index contributed by atoms with van der Waals surface area (Å²) < 4.78 is 36.9. The largest absolute Gasteiger partial charge is 0.377 e. The van der Waals surface area contributed by atoms with Crippen molar-refractivity contribution in [3.8, 4) is 0 Å². The maximum absolute atomic E-state index is 12.4. The van der Waals surface area contributed by atoms with E-state index < -0.39 is 15.6 Å². The van der Waals surface area contributed by atoms with E-state index in [9.17, 15) is 13.2 Å². The van der Waals surface area contributed by atoms with Crippen LogP contribution in [-0.2, 0) is 24.3 Å². The predicted molar refractivity (Wildman–Crippen MR) is 88.2 cm³/mol. The Kier molecular flexibility index (Phi) is 5.45. The molecule has 1 amide bonds. The minimum atomic E-state index is -3.30. The molecule has 3 saturated heterocycles. The summed E-state index contributed by atoms with van der Waals surface area (Å²) in [4.78, 5) is 16.4. The lowest BCUT2D eigenvalue weighted by Gasteiger charge is -2.43. The van der Waals surface area contributed by atoms with E-state index in [0.717, 1.165) is 25.9 Å². The molecule has 0 saturated carbocycles. The van der Waals surface area contributed by atoms with Gasteiger partial charge in [-0.15, -0.1) is 0 Å². The molecule has 3 heterocycles. The Bertz CT molecular complexity index is 563. The van der Waals surface area contributed by atoms with Gasteiger partial charge in [-0.2, -0.15) is 4.31 Å². The Hall–Kier alpha value is -0.740. The van der Waals surface area contributed by atoms with Crippen LogP contribution in [0.5, 0.6) is 0 Å². The average Bonchev–Trinajstić information content (AvgIpc) is 2.97. The molecule has 3 rings (SSSR count). The van der Waals surface area contributed by atoms with E-state index in [4.69, 9.17) is 9.47 Å². The summed E-state index contributed by atoms with van der Waals surface area (Å²) in [7, 11) is -3.30. The molecule has 0 N–H and O–H groups in total. The van der Waals surface area contributed by atoms with Crippen LogP contribution in [0.2, 0.25) is 0 Å². The maximum Gasteiger partial charge on any atom is 0.236 e. The topological polar surface area (TPSA) is 79.4 Å². The van der Waals surface area contributed by atoms with Gasteiger partial charge in [0.1, 0.15) is 5.60 Å². The molecule has 1 unspecified atom stereocenters. The van der Waals surface area contributed by atoms with Gasteiger partial charge in [-0.1, -0.05) is 0 Å². The number of amides is 1. The first-order valence-electron chi connectivity index (χ1n) is 8.55. The second kappa shape index (κ2) is 7.25.